The van der Waals surface area contributed by atoms with E-state index in [0.717, 1.165) is 18.5 Å². The molecule has 0 aliphatic rings. The van der Waals surface area contributed by atoms with E-state index >= 15 is 0 Å². The molecule has 18 heavy (non-hydrogen) atoms. The lowest BCUT2D eigenvalue weighted by molar-refractivity contribution is 0.415. The van der Waals surface area contributed by atoms with E-state index in [1.165, 1.54) is 0 Å². The smallest absolute Gasteiger partial charge is 0.170 e. The van der Waals surface area contributed by atoms with Crippen LogP contribution >= 0.6 is 23.8 Å². The van der Waals surface area contributed by atoms with Gasteiger partial charge in [-0.1, -0.05) is 24.9 Å². The minimum atomic E-state index is 0.365. The molecule has 0 amide bonds. The maximum Gasteiger partial charge on any atom is 0.170 e. The molecule has 0 saturated carbocycles. The van der Waals surface area contributed by atoms with Gasteiger partial charge in [0, 0.05) is 11.7 Å². The topological polar surface area (TPSA) is 33.3 Å². The molecule has 0 unspecified atom stereocenters. The van der Waals surface area contributed by atoms with Crippen molar-refractivity contribution in [1.82, 2.24) is 5.32 Å². The number of hydrogen-bond donors (Lipinski definition) is 2. The second-order valence-corrected chi connectivity index (χ2v) is 4.95. The van der Waals surface area contributed by atoms with Crippen molar-refractivity contribution >= 4 is 34.6 Å². The van der Waals surface area contributed by atoms with Crippen molar-refractivity contribution in [3.8, 4) is 5.75 Å². The van der Waals surface area contributed by atoms with Crippen molar-refractivity contribution in [2.24, 2.45) is 0 Å². The van der Waals surface area contributed by atoms with Gasteiger partial charge in [-0.05, 0) is 43.8 Å². The van der Waals surface area contributed by atoms with Gasteiger partial charge < -0.3 is 15.4 Å². The first kappa shape index (κ1) is 15.1. The van der Waals surface area contributed by atoms with Crippen LogP contribution in [-0.4, -0.2) is 18.3 Å². The lowest BCUT2D eigenvalue weighted by atomic mass is 10.2. The van der Waals surface area contributed by atoms with E-state index in [1.54, 1.807) is 13.2 Å². The number of benzene rings is 1. The number of ether oxygens (including phenoxy) is 1. The van der Waals surface area contributed by atoms with Crippen LogP contribution in [0.25, 0.3) is 0 Å². The van der Waals surface area contributed by atoms with Gasteiger partial charge in [-0.25, -0.2) is 0 Å². The van der Waals surface area contributed by atoms with Gasteiger partial charge in [-0.3, -0.25) is 0 Å². The Morgan fingerprint density at radius 1 is 1.50 bits per heavy atom. The van der Waals surface area contributed by atoms with E-state index in [-0.39, 0.29) is 0 Å². The van der Waals surface area contributed by atoms with Gasteiger partial charge in [0.1, 0.15) is 5.75 Å². The zero-order chi connectivity index (χ0) is 13.5. The van der Waals surface area contributed by atoms with Gasteiger partial charge in [-0.2, -0.15) is 0 Å². The molecule has 0 aliphatic heterocycles. The molecule has 2 N–H and O–H groups in total. The van der Waals surface area contributed by atoms with Gasteiger partial charge in [0.25, 0.3) is 0 Å². The molecule has 3 nitrogen and oxygen atoms in total. The molecule has 0 aromatic heterocycles. The standard InChI is InChI=1S/C13H19ClN2OS/c1-4-5-9(2)15-13(18)16-10-6-7-12(17-3)11(14)8-10/h6-9H,4-5H2,1-3H3,(H2,15,16,18)/t9-/m1/s1. The maximum atomic E-state index is 6.04. The van der Waals surface area contributed by atoms with Crippen molar-refractivity contribution < 1.29 is 4.74 Å². The third-order valence-electron chi connectivity index (χ3n) is 2.51. The first-order valence-corrected chi connectivity index (χ1v) is 6.76. The lowest BCUT2D eigenvalue weighted by Crippen LogP contribution is -2.35. The van der Waals surface area contributed by atoms with Crippen LogP contribution in [0.4, 0.5) is 5.69 Å². The minimum Gasteiger partial charge on any atom is -0.495 e. The average molecular weight is 287 g/mol. The highest BCUT2D eigenvalue weighted by molar-refractivity contribution is 7.80. The van der Waals surface area contributed by atoms with Gasteiger partial charge in [-0.15, -0.1) is 0 Å². The Kier molecular flexibility index (Phi) is 6.22. The molecule has 1 atom stereocenters. The van der Waals surface area contributed by atoms with Gasteiger partial charge in [0.05, 0.1) is 12.1 Å². The Bertz CT molecular complexity index is 412. The fraction of sp³-hybridized carbons (Fsp3) is 0.462. The van der Waals surface area contributed by atoms with Crippen LogP contribution in [0.2, 0.25) is 5.02 Å². The van der Waals surface area contributed by atoms with Crippen molar-refractivity contribution in [3.05, 3.63) is 23.2 Å². The van der Waals surface area contributed by atoms with Crippen LogP contribution in [0.1, 0.15) is 26.7 Å². The van der Waals surface area contributed by atoms with E-state index in [2.05, 4.69) is 24.5 Å². The summed E-state index contributed by atoms with van der Waals surface area (Å²) in [4.78, 5) is 0. The number of nitrogens with one attached hydrogen (secondary N) is 2. The van der Waals surface area contributed by atoms with E-state index in [4.69, 9.17) is 28.6 Å². The average Bonchev–Trinajstić information content (AvgIpc) is 2.29. The highest BCUT2D eigenvalue weighted by Gasteiger charge is 2.05. The summed E-state index contributed by atoms with van der Waals surface area (Å²) in [6.07, 6.45) is 2.22. The zero-order valence-corrected chi connectivity index (χ0v) is 12.5. The normalized spacial score (nSPS) is 11.8. The van der Waals surface area contributed by atoms with E-state index in [1.807, 2.05) is 12.1 Å². The molecule has 0 saturated heterocycles. The fourth-order valence-corrected chi connectivity index (χ4v) is 2.22. The van der Waals surface area contributed by atoms with Crippen LogP contribution < -0.4 is 15.4 Å². The maximum absolute atomic E-state index is 6.04. The van der Waals surface area contributed by atoms with Crippen LogP contribution in [0.15, 0.2) is 18.2 Å². The molecule has 1 aromatic carbocycles. The van der Waals surface area contributed by atoms with Crippen molar-refractivity contribution in [2.45, 2.75) is 32.7 Å². The number of rotatable bonds is 5. The second-order valence-electron chi connectivity index (χ2n) is 4.14. The SMILES string of the molecule is CCC[C@@H](C)NC(=S)Nc1ccc(OC)c(Cl)c1. The van der Waals surface area contributed by atoms with Crippen LogP contribution in [0.5, 0.6) is 5.75 Å². The van der Waals surface area contributed by atoms with Crippen LogP contribution in [-0.2, 0) is 0 Å². The molecule has 100 valence electrons. The lowest BCUT2D eigenvalue weighted by Gasteiger charge is -2.16. The molecule has 1 rings (SSSR count). The van der Waals surface area contributed by atoms with E-state index < -0.39 is 0 Å². The highest BCUT2D eigenvalue weighted by Crippen LogP contribution is 2.27. The monoisotopic (exact) mass is 286 g/mol. The largest absolute Gasteiger partial charge is 0.495 e. The minimum absolute atomic E-state index is 0.365. The summed E-state index contributed by atoms with van der Waals surface area (Å²) in [6, 6.07) is 5.84. The molecular weight excluding hydrogens is 268 g/mol. The number of halogens is 1. The Morgan fingerprint density at radius 2 is 2.22 bits per heavy atom. The predicted octanol–water partition coefficient (Wildman–Crippen LogP) is 3.82. The molecule has 0 bridgehead atoms. The molecule has 0 spiro atoms. The van der Waals surface area contributed by atoms with Crippen molar-refractivity contribution in [1.29, 1.82) is 0 Å². The first-order chi connectivity index (χ1) is 8.56. The van der Waals surface area contributed by atoms with E-state index in [0.29, 0.717) is 21.9 Å². The van der Waals surface area contributed by atoms with Crippen LogP contribution in [0.3, 0.4) is 0 Å². The molecule has 5 heteroatoms. The Hall–Kier alpha value is -1.00. The van der Waals surface area contributed by atoms with Gasteiger partial charge >= 0.3 is 0 Å². The van der Waals surface area contributed by atoms with Crippen LogP contribution in [0, 0.1) is 0 Å². The molecule has 0 aliphatic carbocycles. The molecular formula is C13H19ClN2OS. The third-order valence-corrected chi connectivity index (χ3v) is 3.02. The summed E-state index contributed by atoms with van der Waals surface area (Å²) in [6.45, 7) is 4.26. The molecule has 0 fully saturated rings. The van der Waals surface area contributed by atoms with Crippen molar-refractivity contribution in [2.75, 3.05) is 12.4 Å². The Balaban J connectivity index is 2.57. The molecule has 1 aromatic rings. The Labute approximate surface area is 119 Å². The summed E-state index contributed by atoms with van der Waals surface area (Å²) in [5.74, 6) is 0.653. The quantitative estimate of drug-likeness (QED) is 0.806. The van der Waals surface area contributed by atoms with Crippen molar-refractivity contribution in [3.63, 3.8) is 0 Å². The number of thiocarbonyl (C=S) groups is 1. The predicted molar refractivity (Wildman–Crippen MR) is 81.7 cm³/mol. The Morgan fingerprint density at radius 3 is 2.78 bits per heavy atom. The molecule has 0 heterocycles. The van der Waals surface area contributed by atoms with Gasteiger partial charge in [0.2, 0.25) is 0 Å². The third kappa shape index (κ3) is 4.70. The molecule has 0 radical (unpaired) electrons. The summed E-state index contributed by atoms with van der Waals surface area (Å²) < 4.78 is 5.09. The number of hydrogen-bond acceptors (Lipinski definition) is 2. The zero-order valence-electron chi connectivity index (χ0n) is 10.9. The van der Waals surface area contributed by atoms with Gasteiger partial charge in [0.15, 0.2) is 5.11 Å². The van der Waals surface area contributed by atoms with E-state index in [9.17, 15) is 0 Å². The second kappa shape index (κ2) is 7.44. The summed E-state index contributed by atoms with van der Waals surface area (Å²) in [5.41, 5.74) is 0.849. The summed E-state index contributed by atoms with van der Waals surface area (Å²) in [7, 11) is 1.59. The number of methoxy groups -OCH3 is 1. The number of anilines is 1. The highest BCUT2D eigenvalue weighted by atomic mass is 35.5. The first-order valence-electron chi connectivity index (χ1n) is 5.97. The summed E-state index contributed by atoms with van der Waals surface area (Å²) in [5, 5.41) is 7.50. The fourth-order valence-electron chi connectivity index (χ4n) is 1.64. The summed E-state index contributed by atoms with van der Waals surface area (Å²) >= 11 is 11.3.